The van der Waals surface area contributed by atoms with E-state index >= 15 is 0 Å². The van der Waals surface area contributed by atoms with E-state index in [1.54, 1.807) is 6.07 Å². The van der Waals surface area contributed by atoms with Gasteiger partial charge in [0.15, 0.2) is 5.82 Å². The number of alkyl halides is 3. The van der Waals surface area contributed by atoms with Crippen LogP contribution in [0.4, 0.5) is 13.2 Å². The summed E-state index contributed by atoms with van der Waals surface area (Å²) in [5, 5.41) is 6.24. The molecule has 0 aliphatic heterocycles. The quantitative estimate of drug-likeness (QED) is 0.749. The summed E-state index contributed by atoms with van der Waals surface area (Å²) in [6.45, 7) is -0.0923. The second kappa shape index (κ2) is 7.08. The molecule has 0 saturated heterocycles. The molecule has 11 heteroatoms. The molecule has 0 atom stereocenters. The predicted octanol–water partition coefficient (Wildman–Crippen LogP) is 2.66. The van der Waals surface area contributed by atoms with Crippen LogP contribution in [0.2, 0.25) is 5.02 Å². The second-order valence-corrected chi connectivity index (χ2v) is 5.48. The third-order valence-electron chi connectivity index (χ3n) is 3.25. The van der Waals surface area contributed by atoms with Crippen LogP contribution in [0, 0.1) is 0 Å². The molecule has 2 aromatic heterocycles. The summed E-state index contributed by atoms with van der Waals surface area (Å²) in [5.41, 5.74) is -1.22. The van der Waals surface area contributed by atoms with Gasteiger partial charge < -0.3 is 5.32 Å². The number of carbonyl (C=O) groups excluding carboxylic acids is 1. The Bertz CT molecular complexity index is 929. The minimum absolute atomic E-state index is 0.0923. The van der Waals surface area contributed by atoms with Crippen LogP contribution in [-0.4, -0.2) is 30.6 Å². The van der Waals surface area contributed by atoms with Crippen molar-refractivity contribution in [2.24, 2.45) is 0 Å². The Kier molecular flexibility index (Phi) is 4.85. The highest BCUT2D eigenvalue weighted by Gasteiger charge is 2.31. The maximum absolute atomic E-state index is 12.8. The molecular weight excluding hydrogens is 373 g/mol. The maximum Gasteiger partial charge on any atom is 0.416 e. The maximum atomic E-state index is 12.8. The number of carbonyl (C=O) groups is 1. The normalized spacial score (nSPS) is 11.4. The van der Waals surface area contributed by atoms with Gasteiger partial charge in [0.25, 0.3) is 11.9 Å². The molecular formula is C15H10ClF3N6O. The second-order valence-electron chi connectivity index (χ2n) is 5.05. The first kappa shape index (κ1) is 17.8. The van der Waals surface area contributed by atoms with E-state index in [9.17, 15) is 18.0 Å². The van der Waals surface area contributed by atoms with E-state index in [1.165, 1.54) is 23.4 Å². The minimum Gasteiger partial charge on any atom is -0.345 e. The van der Waals surface area contributed by atoms with Crippen molar-refractivity contribution in [3.05, 3.63) is 65.0 Å². The SMILES string of the molecule is O=C(NCc1ncnn1-c1ncccn1)c1cc(Cl)cc(C(F)(F)F)c1. The van der Waals surface area contributed by atoms with Crippen molar-refractivity contribution < 1.29 is 18.0 Å². The summed E-state index contributed by atoms with van der Waals surface area (Å²) in [5.74, 6) is -0.180. The topological polar surface area (TPSA) is 85.6 Å². The van der Waals surface area contributed by atoms with Crippen LogP contribution in [0.3, 0.4) is 0 Å². The molecule has 0 fully saturated rings. The first-order valence-corrected chi connectivity index (χ1v) is 7.54. The molecule has 1 N–H and O–H groups in total. The van der Waals surface area contributed by atoms with Gasteiger partial charge in [-0.25, -0.2) is 15.0 Å². The number of nitrogens with one attached hydrogen (secondary N) is 1. The van der Waals surface area contributed by atoms with E-state index in [2.05, 4.69) is 25.4 Å². The van der Waals surface area contributed by atoms with E-state index in [1.807, 2.05) is 0 Å². The molecule has 3 rings (SSSR count). The van der Waals surface area contributed by atoms with Crippen LogP contribution in [0.5, 0.6) is 0 Å². The lowest BCUT2D eigenvalue weighted by atomic mass is 10.1. The molecule has 0 spiro atoms. The molecule has 7 nitrogen and oxygen atoms in total. The molecule has 0 bridgehead atoms. The highest BCUT2D eigenvalue weighted by molar-refractivity contribution is 6.31. The molecule has 1 aromatic carbocycles. The fourth-order valence-electron chi connectivity index (χ4n) is 2.10. The summed E-state index contributed by atoms with van der Waals surface area (Å²) in [4.78, 5) is 24.2. The van der Waals surface area contributed by atoms with Gasteiger partial charge in [0, 0.05) is 23.0 Å². The fraction of sp³-hybridized carbons (Fsp3) is 0.133. The number of hydrogen-bond donors (Lipinski definition) is 1. The summed E-state index contributed by atoms with van der Waals surface area (Å²) in [7, 11) is 0. The van der Waals surface area contributed by atoms with Crippen LogP contribution < -0.4 is 5.32 Å². The summed E-state index contributed by atoms with van der Waals surface area (Å²) < 4.78 is 39.8. The monoisotopic (exact) mass is 382 g/mol. The van der Waals surface area contributed by atoms with E-state index in [0.29, 0.717) is 5.82 Å². The Morgan fingerprint density at radius 2 is 1.88 bits per heavy atom. The van der Waals surface area contributed by atoms with Gasteiger partial charge in [0.1, 0.15) is 6.33 Å². The van der Waals surface area contributed by atoms with E-state index in [-0.39, 0.29) is 23.1 Å². The lowest BCUT2D eigenvalue weighted by Crippen LogP contribution is -2.25. The van der Waals surface area contributed by atoms with Gasteiger partial charge in [-0.05, 0) is 24.3 Å². The van der Waals surface area contributed by atoms with Gasteiger partial charge in [0.2, 0.25) is 0 Å². The molecule has 3 aromatic rings. The molecule has 0 aliphatic carbocycles. The number of aromatic nitrogens is 5. The zero-order valence-electron chi connectivity index (χ0n) is 12.9. The molecule has 1 amide bonds. The van der Waals surface area contributed by atoms with Crippen LogP contribution in [0.1, 0.15) is 21.7 Å². The van der Waals surface area contributed by atoms with Gasteiger partial charge in [-0.2, -0.15) is 23.0 Å². The van der Waals surface area contributed by atoms with Crippen molar-refractivity contribution in [2.45, 2.75) is 12.7 Å². The first-order valence-electron chi connectivity index (χ1n) is 7.17. The van der Waals surface area contributed by atoms with Gasteiger partial charge in [-0.3, -0.25) is 4.79 Å². The van der Waals surface area contributed by atoms with Crippen molar-refractivity contribution in [3.63, 3.8) is 0 Å². The Morgan fingerprint density at radius 1 is 1.15 bits per heavy atom. The number of benzene rings is 1. The number of nitrogens with zero attached hydrogens (tertiary/aromatic N) is 5. The first-order chi connectivity index (χ1) is 12.3. The van der Waals surface area contributed by atoms with Crippen molar-refractivity contribution in [2.75, 3.05) is 0 Å². The van der Waals surface area contributed by atoms with Crippen molar-refractivity contribution in [3.8, 4) is 5.95 Å². The molecule has 2 heterocycles. The van der Waals surface area contributed by atoms with Crippen molar-refractivity contribution in [1.29, 1.82) is 0 Å². The fourth-order valence-corrected chi connectivity index (χ4v) is 2.33. The Morgan fingerprint density at radius 3 is 2.58 bits per heavy atom. The third-order valence-corrected chi connectivity index (χ3v) is 3.47. The number of halogens is 4. The number of hydrogen-bond acceptors (Lipinski definition) is 5. The Labute approximate surface area is 149 Å². The molecule has 0 saturated carbocycles. The van der Waals surface area contributed by atoms with Gasteiger partial charge >= 0.3 is 6.18 Å². The zero-order valence-corrected chi connectivity index (χ0v) is 13.7. The number of rotatable bonds is 4. The smallest absolute Gasteiger partial charge is 0.345 e. The summed E-state index contributed by atoms with van der Waals surface area (Å²) in [6.07, 6.45) is -0.336. The van der Waals surface area contributed by atoms with E-state index < -0.39 is 17.6 Å². The highest BCUT2D eigenvalue weighted by Crippen LogP contribution is 2.31. The summed E-state index contributed by atoms with van der Waals surface area (Å²) in [6, 6.07) is 4.25. The molecule has 0 unspecified atom stereocenters. The van der Waals surface area contributed by atoms with E-state index in [0.717, 1.165) is 18.2 Å². The van der Waals surface area contributed by atoms with Gasteiger partial charge in [-0.15, -0.1) is 0 Å². The summed E-state index contributed by atoms with van der Waals surface area (Å²) >= 11 is 5.68. The van der Waals surface area contributed by atoms with Crippen molar-refractivity contribution >= 4 is 17.5 Å². The zero-order chi connectivity index (χ0) is 18.7. The van der Waals surface area contributed by atoms with Crippen LogP contribution >= 0.6 is 11.6 Å². The largest absolute Gasteiger partial charge is 0.416 e. The molecule has 0 aliphatic rings. The molecule has 0 radical (unpaired) electrons. The Balaban J connectivity index is 1.77. The average molecular weight is 383 g/mol. The van der Waals surface area contributed by atoms with Crippen LogP contribution in [0.15, 0.2) is 43.0 Å². The minimum atomic E-state index is -4.61. The van der Waals surface area contributed by atoms with Gasteiger partial charge in [-0.1, -0.05) is 11.6 Å². The van der Waals surface area contributed by atoms with Gasteiger partial charge in [0.05, 0.1) is 12.1 Å². The van der Waals surface area contributed by atoms with E-state index in [4.69, 9.17) is 11.6 Å². The number of amides is 1. The predicted molar refractivity (Wildman–Crippen MR) is 84.6 cm³/mol. The third kappa shape index (κ3) is 3.97. The lowest BCUT2D eigenvalue weighted by molar-refractivity contribution is -0.137. The van der Waals surface area contributed by atoms with Crippen LogP contribution in [0.25, 0.3) is 5.95 Å². The molecule has 134 valence electrons. The average Bonchev–Trinajstić information content (AvgIpc) is 3.07. The van der Waals surface area contributed by atoms with Crippen LogP contribution in [-0.2, 0) is 12.7 Å². The molecule has 26 heavy (non-hydrogen) atoms. The lowest BCUT2D eigenvalue weighted by Gasteiger charge is -2.10. The van der Waals surface area contributed by atoms with Crippen molar-refractivity contribution in [1.82, 2.24) is 30.0 Å². The highest BCUT2D eigenvalue weighted by atomic mass is 35.5. The Hall–Kier alpha value is -3.01. The standard InChI is InChI=1S/C15H10ClF3N6O/c16-11-5-9(4-10(6-11)15(17,18)19)13(26)22-7-12-23-8-24-25(12)14-20-2-1-3-21-14/h1-6,8H,7H2,(H,22,26).